The highest BCUT2D eigenvalue weighted by atomic mass is 16.5. The normalized spacial score (nSPS) is 16.3. The van der Waals surface area contributed by atoms with Gasteiger partial charge in [0, 0.05) is 25.5 Å². The van der Waals surface area contributed by atoms with E-state index in [2.05, 4.69) is 4.98 Å². The van der Waals surface area contributed by atoms with Crippen molar-refractivity contribution in [3.8, 4) is 11.5 Å². The molecule has 1 aromatic heterocycles. The van der Waals surface area contributed by atoms with E-state index in [0.717, 1.165) is 22.9 Å². The van der Waals surface area contributed by atoms with Crippen LogP contribution in [0.3, 0.4) is 0 Å². The van der Waals surface area contributed by atoms with Gasteiger partial charge in [-0.25, -0.2) is 4.98 Å². The molecule has 1 aliphatic heterocycles. The number of rotatable bonds is 5. The second-order valence-electron chi connectivity index (χ2n) is 6.67. The van der Waals surface area contributed by atoms with Crippen molar-refractivity contribution in [1.29, 1.82) is 0 Å². The maximum Gasteiger partial charge on any atom is 0.230 e. The second-order valence-corrected chi connectivity index (χ2v) is 6.67. The number of fused-ring (bicyclic) bond motifs is 1. The lowest BCUT2D eigenvalue weighted by Crippen LogP contribution is -2.44. The van der Waals surface area contributed by atoms with E-state index in [1.54, 1.807) is 13.3 Å². The van der Waals surface area contributed by atoms with Gasteiger partial charge in [0.15, 0.2) is 11.5 Å². The zero-order valence-electron chi connectivity index (χ0n) is 15.2. The van der Waals surface area contributed by atoms with Crippen LogP contribution >= 0.6 is 0 Å². The highest BCUT2D eigenvalue weighted by molar-refractivity contribution is 5.80. The Morgan fingerprint density at radius 1 is 1.48 bits per heavy atom. The summed E-state index contributed by atoms with van der Waals surface area (Å²) in [5.74, 6) is 2.26. The maximum atomic E-state index is 13.1. The van der Waals surface area contributed by atoms with Crippen molar-refractivity contribution in [2.45, 2.75) is 32.9 Å². The zero-order chi connectivity index (χ0) is 18.0. The summed E-state index contributed by atoms with van der Waals surface area (Å²) in [6.07, 6.45) is 4.31. The Bertz CT molecular complexity index is 754. The van der Waals surface area contributed by atoms with E-state index in [-0.39, 0.29) is 17.9 Å². The Morgan fingerprint density at radius 3 is 2.92 bits per heavy atom. The predicted molar refractivity (Wildman–Crippen MR) is 94.6 cm³/mol. The van der Waals surface area contributed by atoms with Gasteiger partial charge in [-0.3, -0.25) is 4.79 Å². The van der Waals surface area contributed by atoms with Crippen LogP contribution in [0, 0.1) is 5.92 Å². The molecule has 3 rings (SSSR count). The minimum Gasteiger partial charge on any atom is -0.493 e. The molecule has 0 fully saturated rings. The largest absolute Gasteiger partial charge is 0.493 e. The Morgan fingerprint density at radius 2 is 2.28 bits per heavy atom. The van der Waals surface area contributed by atoms with E-state index in [1.807, 2.05) is 54.8 Å². The molecule has 25 heavy (non-hydrogen) atoms. The molecule has 2 heterocycles. The van der Waals surface area contributed by atoms with Gasteiger partial charge >= 0.3 is 0 Å². The molecule has 0 N–H and O–H groups in total. The first-order valence-electron chi connectivity index (χ1n) is 8.56. The van der Waals surface area contributed by atoms with Crippen molar-refractivity contribution in [2.75, 3.05) is 13.7 Å². The fourth-order valence-corrected chi connectivity index (χ4v) is 3.16. The number of aryl methyl sites for hydroxylation is 1. The third kappa shape index (κ3) is 3.48. The zero-order valence-corrected chi connectivity index (χ0v) is 15.2. The summed E-state index contributed by atoms with van der Waals surface area (Å²) < 4.78 is 13.2. The number of benzene rings is 1. The third-order valence-corrected chi connectivity index (χ3v) is 4.66. The summed E-state index contributed by atoms with van der Waals surface area (Å²) in [5, 5.41) is 0. The fraction of sp³-hybridized carbons (Fsp3) is 0.474. The summed E-state index contributed by atoms with van der Waals surface area (Å²) in [4.78, 5) is 19.3. The SMILES string of the molecule is COc1cccc2c1OCC(C(=O)N(Cc1nccn1C)C(C)C)C2. The van der Waals surface area contributed by atoms with E-state index in [4.69, 9.17) is 9.47 Å². The van der Waals surface area contributed by atoms with Crippen LogP contribution in [0.15, 0.2) is 30.6 Å². The highest BCUT2D eigenvalue weighted by Gasteiger charge is 2.32. The lowest BCUT2D eigenvalue weighted by atomic mass is 9.94. The number of nitrogens with zero attached hydrogens (tertiary/aromatic N) is 3. The van der Waals surface area contributed by atoms with E-state index >= 15 is 0 Å². The molecule has 134 valence electrons. The van der Waals surface area contributed by atoms with Gasteiger partial charge in [-0.05, 0) is 31.9 Å². The van der Waals surface area contributed by atoms with Crippen molar-refractivity contribution in [1.82, 2.24) is 14.5 Å². The maximum absolute atomic E-state index is 13.1. The number of amides is 1. The standard InChI is InChI=1S/C19H25N3O3/c1-13(2)22(11-17-20-8-9-21(17)3)19(23)15-10-14-6-5-7-16(24-4)18(14)25-12-15/h5-9,13,15H,10-12H2,1-4H3. The van der Waals surface area contributed by atoms with Gasteiger partial charge < -0.3 is 18.9 Å². The Hall–Kier alpha value is -2.50. The summed E-state index contributed by atoms with van der Waals surface area (Å²) in [7, 11) is 3.57. The number of aromatic nitrogens is 2. The van der Waals surface area contributed by atoms with Gasteiger partial charge in [0.05, 0.1) is 19.6 Å². The Labute approximate surface area is 148 Å². The molecule has 0 saturated carbocycles. The minimum atomic E-state index is -0.192. The molecule has 1 amide bonds. The van der Waals surface area contributed by atoms with Crippen LogP contribution in [-0.4, -0.2) is 40.1 Å². The van der Waals surface area contributed by atoms with Gasteiger partial charge in [0.2, 0.25) is 5.91 Å². The van der Waals surface area contributed by atoms with Crippen molar-refractivity contribution < 1.29 is 14.3 Å². The first-order valence-corrected chi connectivity index (χ1v) is 8.56. The van der Waals surface area contributed by atoms with Gasteiger partial charge in [0.25, 0.3) is 0 Å². The summed E-state index contributed by atoms with van der Waals surface area (Å²) in [5.41, 5.74) is 1.02. The van der Waals surface area contributed by atoms with E-state index in [1.165, 1.54) is 0 Å². The molecule has 0 spiro atoms. The van der Waals surface area contributed by atoms with Crippen LogP contribution in [0.5, 0.6) is 11.5 Å². The van der Waals surface area contributed by atoms with E-state index < -0.39 is 0 Å². The van der Waals surface area contributed by atoms with E-state index in [9.17, 15) is 4.79 Å². The average Bonchev–Trinajstić information content (AvgIpc) is 3.02. The summed E-state index contributed by atoms with van der Waals surface area (Å²) in [6, 6.07) is 5.90. The van der Waals surface area contributed by atoms with Gasteiger partial charge in [-0.1, -0.05) is 12.1 Å². The van der Waals surface area contributed by atoms with Crippen LogP contribution < -0.4 is 9.47 Å². The molecule has 2 aromatic rings. The van der Waals surface area contributed by atoms with Crippen LogP contribution in [0.25, 0.3) is 0 Å². The highest BCUT2D eigenvalue weighted by Crippen LogP contribution is 2.36. The molecular formula is C19H25N3O3. The molecule has 1 aliphatic rings. The molecule has 6 heteroatoms. The quantitative estimate of drug-likeness (QED) is 0.837. The van der Waals surface area contributed by atoms with Gasteiger partial charge in [-0.2, -0.15) is 0 Å². The minimum absolute atomic E-state index is 0.0934. The average molecular weight is 343 g/mol. The molecule has 1 atom stereocenters. The third-order valence-electron chi connectivity index (χ3n) is 4.66. The van der Waals surface area contributed by atoms with Crippen molar-refractivity contribution in [3.05, 3.63) is 42.0 Å². The summed E-state index contributed by atoms with van der Waals surface area (Å²) >= 11 is 0. The number of ether oxygens (including phenoxy) is 2. The number of hydrogen-bond donors (Lipinski definition) is 0. The Balaban J connectivity index is 1.78. The number of carbonyl (C=O) groups is 1. The molecule has 0 radical (unpaired) electrons. The van der Waals surface area contributed by atoms with Crippen molar-refractivity contribution >= 4 is 5.91 Å². The molecule has 6 nitrogen and oxygen atoms in total. The van der Waals surface area contributed by atoms with Crippen LogP contribution in [0.1, 0.15) is 25.2 Å². The Kier molecular flexibility index (Phi) is 4.97. The van der Waals surface area contributed by atoms with Crippen LogP contribution in [-0.2, 0) is 24.8 Å². The molecular weight excluding hydrogens is 318 g/mol. The second kappa shape index (κ2) is 7.17. The topological polar surface area (TPSA) is 56.6 Å². The van der Waals surface area contributed by atoms with Crippen LogP contribution in [0.4, 0.5) is 0 Å². The molecule has 0 aliphatic carbocycles. The number of imidazole rings is 1. The van der Waals surface area contributed by atoms with Gasteiger partial charge in [0.1, 0.15) is 12.4 Å². The lowest BCUT2D eigenvalue weighted by molar-refractivity contribution is -0.139. The smallest absolute Gasteiger partial charge is 0.230 e. The number of hydrogen-bond acceptors (Lipinski definition) is 4. The molecule has 1 aromatic carbocycles. The van der Waals surface area contributed by atoms with Crippen molar-refractivity contribution in [3.63, 3.8) is 0 Å². The predicted octanol–water partition coefficient (Wildman–Crippen LogP) is 2.42. The van der Waals surface area contributed by atoms with E-state index in [0.29, 0.717) is 19.6 Å². The number of para-hydroxylation sites is 1. The molecule has 1 unspecified atom stereocenters. The van der Waals surface area contributed by atoms with Crippen molar-refractivity contribution in [2.24, 2.45) is 13.0 Å². The fourth-order valence-electron chi connectivity index (χ4n) is 3.16. The lowest BCUT2D eigenvalue weighted by Gasteiger charge is -2.33. The number of carbonyl (C=O) groups excluding carboxylic acids is 1. The van der Waals surface area contributed by atoms with Gasteiger partial charge in [-0.15, -0.1) is 0 Å². The number of methoxy groups -OCH3 is 1. The summed E-state index contributed by atoms with van der Waals surface area (Å²) in [6.45, 7) is 4.93. The monoisotopic (exact) mass is 343 g/mol. The molecule has 0 bridgehead atoms. The first kappa shape index (κ1) is 17.3. The van der Waals surface area contributed by atoms with Crippen LogP contribution in [0.2, 0.25) is 0 Å². The first-order chi connectivity index (χ1) is 12.0. The molecule has 0 saturated heterocycles.